The lowest BCUT2D eigenvalue weighted by molar-refractivity contribution is -0.130. The molecule has 5 rings (SSSR count). The molecule has 2 aliphatic heterocycles. The van der Waals surface area contributed by atoms with Crippen molar-refractivity contribution in [3.05, 3.63) is 59.1 Å². The molecule has 1 amide bonds. The van der Waals surface area contributed by atoms with Gasteiger partial charge in [0.2, 0.25) is 5.91 Å². The van der Waals surface area contributed by atoms with Crippen LogP contribution in [0.15, 0.2) is 43.2 Å². The zero-order valence-corrected chi connectivity index (χ0v) is 20.5. The van der Waals surface area contributed by atoms with E-state index in [1.54, 1.807) is 7.11 Å². The third-order valence-electron chi connectivity index (χ3n) is 6.77. The molecule has 182 valence electrons. The second-order valence-electron chi connectivity index (χ2n) is 8.79. The van der Waals surface area contributed by atoms with Crippen LogP contribution in [0.2, 0.25) is 10.0 Å². The molecule has 0 radical (unpaired) electrons. The number of fused-ring (bicyclic) bond motifs is 3. The SMILES string of the molecule is C=CC(=O)N1C2CC[C@@H]1CC(Nc1cc3c(Nc4ccc(Cl)c(Cl)c4F)ncnc3cc1OC)C2. The molecule has 10 heteroatoms. The Labute approximate surface area is 212 Å². The van der Waals surface area contributed by atoms with E-state index in [-0.39, 0.29) is 39.8 Å². The van der Waals surface area contributed by atoms with Crippen LogP contribution in [0.1, 0.15) is 25.7 Å². The van der Waals surface area contributed by atoms with Gasteiger partial charge in [0.05, 0.1) is 34.0 Å². The number of halogens is 3. The number of carbonyl (C=O) groups is 1. The van der Waals surface area contributed by atoms with Crippen LogP contribution in [0.5, 0.6) is 5.75 Å². The average Bonchev–Trinajstić information content (AvgIpc) is 3.13. The fraction of sp³-hybridized carbons (Fsp3) is 0.320. The normalized spacial score (nSPS) is 21.1. The van der Waals surface area contributed by atoms with Crippen molar-refractivity contribution in [3.63, 3.8) is 0 Å². The Balaban J connectivity index is 1.45. The van der Waals surface area contributed by atoms with Crippen LogP contribution in [0.3, 0.4) is 0 Å². The molecule has 0 saturated carbocycles. The van der Waals surface area contributed by atoms with Crippen molar-refractivity contribution in [1.29, 1.82) is 0 Å². The zero-order chi connectivity index (χ0) is 24.7. The Morgan fingerprint density at radius 1 is 1.20 bits per heavy atom. The first-order valence-electron chi connectivity index (χ1n) is 11.3. The number of anilines is 3. The first kappa shape index (κ1) is 23.6. The summed E-state index contributed by atoms with van der Waals surface area (Å²) in [5.41, 5.74) is 1.57. The van der Waals surface area contributed by atoms with E-state index in [9.17, 15) is 9.18 Å². The van der Waals surface area contributed by atoms with Gasteiger partial charge in [-0.2, -0.15) is 0 Å². The number of rotatable bonds is 6. The number of piperidine rings is 1. The lowest BCUT2D eigenvalue weighted by Crippen LogP contribution is -2.49. The first-order chi connectivity index (χ1) is 16.9. The molecule has 2 N–H and O–H groups in total. The van der Waals surface area contributed by atoms with Crippen LogP contribution < -0.4 is 15.4 Å². The highest BCUT2D eigenvalue weighted by atomic mass is 35.5. The van der Waals surface area contributed by atoms with E-state index >= 15 is 0 Å². The maximum absolute atomic E-state index is 14.7. The molecule has 3 aromatic rings. The lowest BCUT2D eigenvalue weighted by Gasteiger charge is -2.39. The molecule has 1 aromatic heterocycles. The van der Waals surface area contributed by atoms with Gasteiger partial charge in [-0.25, -0.2) is 14.4 Å². The van der Waals surface area contributed by atoms with E-state index in [0.717, 1.165) is 31.4 Å². The van der Waals surface area contributed by atoms with Gasteiger partial charge >= 0.3 is 0 Å². The zero-order valence-electron chi connectivity index (χ0n) is 19.0. The molecule has 7 nitrogen and oxygen atoms in total. The summed E-state index contributed by atoms with van der Waals surface area (Å²) in [6.07, 6.45) is 6.46. The molecule has 2 bridgehead atoms. The van der Waals surface area contributed by atoms with Crippen molar-refractivity contribution in [1.82, 2.24) is 14.9 Å². The van der Waals surface area contributed by atoms with Crippen LogP contribution in [0, 0.1) is 5.82 Å². The van der Waals surface area contributed by atoms with Gasteiger partial charge in [-0.15, -0.1) is 0 Å². The monoisotopic (exact) mass is 515 g/mol. The molecule has 0 spiro atoms. The number of ether oxygens (including phenoxy) is 1. The molecule has 0 aliphatic carbocycles. The molecule has 2 fully saturated rings. The Bertz CT molecular complexity index is 1310. The van der Waals surface area contributed by atoms with Crippen LogP contribution in [-0.2, 0) is 4.79 Å². The second-order valence-corrected chi connectivity index (χ2v) is 9.57. The Morgan fingerprint density at radius 2 is 1.94 bits per heavy atom. The molecule has 3 atom stereocenters. The first-order valence-corrected chi connectivity index (χ1v) is 12.1. The van der Waals surface area contributed by atoms with Gasteiger partial charge in [-0.1, -0.05) is 29.8 Å². The fourth-order valence-corrected chi connectivity index (χ4v) is 5.51. The van der Waals surface area contributed by atoms with E-state index < -0.39 is 5.82 Å². The predicted octanol–water partition coefficient (Wildman–Crippen LogP) is 5.95. The number of nitrogens with one attached hydrogen (secondary N) is 2. The number of hydrogen-bond acceptors (Lipinski definition) is 6. The Morgan fingerprint density at radius 3 is 2.63 bits per heavy atom. The van der Waals surface area contributed by atoms with E-state index in [2.05, 4.69) is 27.2 Å². The molecular formula is C25H24Cl2FN5O2. The number of nitrogens with zero attached hydrogens (tertiary/aromatic N) is 3. The van der Waals surface area contributed by atoms with E-state index in [0.29, 0.717) is 22.5 Å². The van der Waals surface area contributed by atoms with Gasteiger partial charge in [0.1, 0.15) is 17.9 Å². The van der Waals surface area contributed by atoms with Gasteiger partial charge in [0.15, 0.2) is 5.82 Å². The van der Waals surface area contributed by atoms with E-state index in [1.807, 2.05) is 17.0 Å². The van der Waals surface area contributed by atoms with E-state index in [4.69, 9.17) is 27.9 Å². The molecule has 2 unspecified atom stereocenters. The molecule has 35 heavy (non-hydrogen) atoms. The van der Waals surface area contributed by atoms with Crippen LogP contribution in [0.4, 0.5) is 21.6 Å². The van der Waals surface area contributed by atoms with Crippen LogP contribution in [0.25, 0.3) is 10.9 Å². The van der Waals surface area contributed by atoms with Gasteiger partial charge in [-0.3, -0.25) is 4.79 Å². The summed E-state index contributed by atoms with van der Waals surface area (Å²) in [6.45, 7) is 3.65. The largest absolute Gasteiger partial charge is 0.495 e. The number of carbonyl (C=O) groups excluding carboxylic acids is 1. The molecular weight excluding hydrogens is 492 g/mol. The summed E-state index contributed by atoms with van der Waals surface area (Å²) in [7, 11) is 1.60. The van der Waals surface area contributed by atoms with Crippen molar-refractivity contribution < 1.29 is 13.9 Å². The predicted molar refractivity (Wildman–Crippen MR) is 136 cm³/mol. The molecule has 3 heterocycles. The van der Waals surface area contributed by atoms with Crippen molar-refractivity contribution >= 4 is 57.2 Å². The maximum atomic E-state index is 14.7. The van der Waals surface area contributed by atoms with Gasteiger partial charge < -0.3 is 20.3 Å². The fourth-order valence-electron chi connectivity index (χ4n) is 5.20. The third-order valence-corrected chi connectivity index (χ3v) is 7.55. The summed E-state index contributed by atoms with van der Waals surface area (Å²) in [5.74, 6) is 0.403. The smallest absolute Gasteiger partial charge is 0.246 e. The Kier molecular flexibility index (Phi) is 6.42. The lowest BCUT2D eigenvalue weighted by atomic mass is 9.96. The molecule has 2 aromatic carbocycles. The summed E-state index contributed by atoms with van der Waals surface area (Å²) in [5, 5.41) is 7.27. The van der Waals surface area contributed by atoms with Crippen LogP contribution in [-0.4, -0.2) is 46.0 Å². The maximum Gasteiger partial charge on any atom is 0.246 e. The minimum absolute atomic E-state index is 0.00151. The highest BCUT2D eigenvalue weighted by Crippen LogP contribution is 2.40. The average molecular weight is 516 g/mol. The van der Waals surface area contributed by atoms with Crippen molar-refractivity contribution in [2.75, 3.05) is 17.7 Å². The van der Waals surface area contributed by atoms with Crippen molar-refractivity contribution in [2.24, 2.45) is 0 Å². The minimum Gasteiger partial charge on any atom is -0.495 e. The summed E-state index contributed by atoms with van der Waals surface area (Å²) < 4.78 is 20.3. The van der Waals surface area contributed by atoms with Gasteiger partial charge in [0.25, 0.3) is 0 Å². The number of hydrogen-bond donors (Lipinski definition) is 2. The minimum atomic E-state index is -0.658. The number of benzene rings is 2. The van der Waals surface area contributed by atoms with E-state index in [1.165, 1.54) is 24.5 Å². The van der Waals surface area contributed by atoms with Gasteiger partial charge in [0, 0.05) is 29.6 Å². The molecule has 2 saturated heterocycles. The standard InChI is InChI=1S/C25H24Cl2FN5O2/c1-3-22(34)33-14-4-5-15(33)9-13(8-14)31-20-10-16-19(11-21(20)35-2)29-12-30-25(16)32-18-7-6-17(26)23(27)24(18)28/h3,6-7,10-15,31H,1,4-5,8-9H2,2H3,(H,29,30,32)/t13?,14-,15?/m1/s1. The van der Waals surface area contributed by atoms with Crippen LogP contribution >= 0.6 is 23.2 Å². The highest BCUT2D eigenvalue weighted by molar-refractivity contribution is 6.42. The summed E-state index contributed by atoms with van der Waals surface area (Å²) in [4.78, 5) is 22.9. The summed E-state index contributed by atoms with van der Waals surface area (Å²) >= 11 is 11.9. The number of amides is 1. The highest BCUT2D eigenvalue weighted by Gasteiger charge is 2.42. The quantitative estimate of drug-likeness (QED) is 0.312. The number of methoxy groups -OCH3 is 1. The summed E-state index contributed by atoms with van der Waals surface area (Å²) in [6, 6.07) is 7.31. The Hall–Kier alpha value is -3.10. The topological polar surface area (TPSA) is 79.4 Å². The van der Waals surface area contributed by atoms with Crippen molar-refractivity contribution in [3.8, 4) is 5.75 Å². The third kappa shape index (κ3) is 4.36. The van der Waals surface area contributed by atoms with Crippen molar-refractivity contribution in [2.45, 2.75) is 43.8 Å². The second kappa shape index (κ2) is 9.51. The molecule has 2 aliphatic rings. The van der Waals surface area contributed by atoms with Gasteiger partial charge in [-0.05, 0) is 50.0 Å². The number of aromatic nitrogens is 2.